The van der Waals surface area contributed by atoms with Crippen molar-refractivity contribution in [2.45, 2.75) is 26.0 Å². The number of rotatable bonds is 6. The molecule has 3 aromatic carbocycles. The number of anilines is 1. The molecule has 0 bridgehead atoms. The number of amides is 1. The maximum Gasteiger partial charge on any atom is 0.287 e. The Morgan fingerprint density at radius 1 is 1.03 bits per heavy atom. The van der Waals surface area contributed by atoms with Crippen LogP contribution in [-0.4, -0.2) is 25.2 Å². The molecule has 3 aromatic rings. The number of ether oxygens (including phenoxy) is 2. The Hall–Kier alpha value is -3.31. The fourth-order valence-corrected chi connectivity index (χ4v) is 3.60. The van der Waals surface area contributed by atoms with Crippen LogP contribution in [0.2, 0.25) is 0 Å². The lowest BCUT2D eigenvalue weighted by molar-refractivity contribution is -0.687. The molecule has 3 N–H and O–H groups in total. The molecule has 4 rings (SSSR count). The van der Waals surface area contributed by atoms with Gasteiger partial charge < -0.3 is 20.1 Å². The number of carbonyl (C=O) groups excluding carboxylic acids is 1. The van der Waals surface area contributed by atoms with Crippen LogP contribution >= 0.6 is 0 Å². The summed E-state index contributed by atoms with van der Waals surface area (Å²) >= 11 is 0. The van der Waals surface area contributed by atoms with Gasteiger partial charge in [-0.2, -0.15) is 0 Å². The lowest BCUT2D eigenvalue weighted by Crippen LogP contribution is -2.89. The Bertz CT molecular complexity index is 1020. The molecule has 0 fully saturated rings. The Morgan fingerprint density at radius 3 is 2.57 bits per heavy atom. The largest absolute Gasteiger partial charge is 0.486 e. The minimum atomic E-state index is -0.383. The Labute approximate surface area is 177 Å². The van der Waals surface area contributed by atoms with Gasteiger partial charge in [-0.05, 0) is 43.2 Å². The smallest absolute Gasteiger partial charge is 0.287 e. The van der Waals surface area contributed by atoms with E-state index >= 15 is 0 Å². The highest BCUT2D eigenvalue weighted by Crippen LogP contribution is 2.30. The predicted octanol–water partition coefficient (Wildman–Crippen LogP) is 3.39. The van der Waals surface area contributed by atoms with Gasteiger partial charge in [0, 0.05) is 11.3 Å². The third-order valence-electron chi connectivity index (χ3n) is 5.29. The highest BCUT2D eigenvalue weighted by atomic mass is 16.6. The number of fused-ring (bicyclic) bond motifs is 1. The second-order valence-electron chi connectivity index (χ2n) is 7.66. The van der Waals surface area contributed by atoms with E-state index in [0.29, 0.717) is 13.2 Å². The number of quaternary nitrogens is 1. The van der Waals surface area contributed by atoms with Crippen molar-refractivity contribution in [3.05, 3.63) is 89.5 Å². The molecule has 0 radical (unpaired) electrons. The molecule has 0 saturated heterocycles. The van der Waals surface area contributed by atoms with E-state index in [2.05, 4.69) is 5.32 Å². The Morgan fingerprint density at radius 2 is 1.77 bits per heavy atom. The van der Waals surface area contributed by atoms with Gasteiger partial charge in [-0.25, -0.2) is 0 Å². The molecule has 5 heteroatoms. The van der Waals surface area contributed by atoms with Gasteiger partial charge in [0.2, 0.25) is 0 Å². The SMILES string of the molecule is Cc1ccc(C)c(NC(=O)[C@@H]([NH2+]C[C@@H]2COc3ccccc3O2)c2ccccc2)c1. The molecule has 2 atom stereocenters. The summed E-state index contributed by atoms with van der Waals surface area (Å²) in [5.41, 5.74) is 3.96. The van der Waals surface area contributed by atoms with Gasteiger partial charge in [0.25, 0.3) is 5.91 Å². The number of carbonyl (C=O) groups is 1. The van der Waals surface area contributed by atoms with Gasteiger partial charge in [-0.3, -0.25) is 4.79 Å². The standard InChI is InChI=1S/C25H26N2O3/c1-17-12-13-18(2)21(14-17)27-25(28)24(19-8-4-3-5-9-19)26-15-20-16-29-22-10-6-7-11-23(22)30-20/h3-14,20,24,26H,15-16H2,1-2H3,(H,27,28)/p+1/t20-,24+/m1/s1. The number of benzene rings is 3. The third kappa shape index (κ3) is 4.63. The van der Waals surface area contributed by atoms with Crippen LogP contribution in [0.25, 0.3) is 0 Å². The highest BCUT2D eigenvalue weighted by Gasteiger charge is 2.28. The van der Waals surface area contributed by atoms with Gasteiger partial charge in [-0.1, -0.05) is 54.6 Å². The minimum Gasteiger partial charge on any atom is -0.486 e. The van der Waals surface area contributed by atoms with Crippen molar-refractivity contribution in [1.82, 2.24) is 0 Å². The van der Waals surface area contributed by atoms with E-state index < -0.39 is 0 Å². The predicted molar refractivity (Wildman–Crippen MR) is 117 cm³/mol. The topological polar surface area (TPSA) is 64.2 Å². The number of para-hydroxylation sites is 2. The van der Waals surface area contributed by atoms with Crippen molar-refractivity contribution in [1.29, 1.82) is 0 Å². The summed E-state index contributed by atoms with van der Waals surface area (Å²) in [4.78, 5) is 13.2. The zero-order valence-electron chi connectivity index (χ0n) is 17.3. The van der Waals surface area contributed by atoms with Gasteiger partial charge in [0.15, 0.2) is 23.6 Å². The van der Waals surface area contributed by atoms with Crippen molar-refractivity contribution >= 4 is 11.6 Å². The molecule has 1 aliphatic rings. The summed E-state index contributed by atoms with van der Waals surface area (Å²) in [6.45, 7) is 5.09. The van der Waals surface area contributed by atoms with Gasteiger partial charge in [-0.15, -0.1) is 0 Å². The summed E-state index contributed by atoms with van der Waals surface area (Å²) in [7, 11) is 0. The number of hydrogen-bond donors (Lipinski definition) is 2. The molecular weight excluding hydrogens is 376 g/mol. The van der Waals surface area contributed by atoms with E-state index in [9.17, 15) is 4.79 Å². The second kappa shape index (κ2) is 9.01. The Balaban J connectivity index is 1.48. The molecule has 1 aliphatic heterocycles. The van der Waals surface area contributed by atoms with Crippen LogP contribution in [-0.2, 0) is 4.79 Å². The number of nitrogens with one attached hydrogen (secondary N) is 1. The normalized spacial score (nSPS) is 16.0. The molecule has 0 saturated carbocycles. The van der Waals surface area contributed by atoms with Crippen LogP contribution in [0, 0.1) is 13.8 Å². The summed E-state index contributed by atoms with van der Waals surface area (Å²) < 4.78 is 11.9. The van der Waals surface area contributed by atoms with Crippen molar-refractivity contribution in [2.24, 2.45) is 0 Å². The van der Waals surface area contributed by atoms with Gasteiger partial charge >= 0.3 is 0 Å². The average Bonchev–Trinajstić information content (AvgIpc) is 2.77. The van der Waals surface area contributed by atoms with Crippen LogP contribution in [0.15, 0.2) is 72.8 Å². The fourth-order valence-electron chi connectivity index (χ4n) is 3.60. The quantitative estimate of drug-likeness (QED) is 0.663. The lowest BCUT2D eigenvalue weighted by atomic mass is 10.0. The van der Waals surface area contributed by atoms with Crippen LogP contribution in [0.4, 0.5) is 5.69 Å². The lowest BCUT2D eigenvalue weighted by Gasteiger charge is -2.26. The number of aryl methyl sites for hydroxylation is 2. The van der Waals surface area contributed by atoms with Crippen molar-refractivity contribution in [3.63, 3.8) is 0 Å². The molecule has 5 nitrogen and oxygen atoms in total. The molecule has 30 heavy (non-hydrogen) atoms. The fraction of sp³-hybridized carbons (Fsp3) is 0.240. The van der Waals surface area contributed by atoms with E-state index in [1.54, 1.807) is 0 Å². The summed E-state index contributed by atoms with van der Waals surface area (Å²) in [6.07, 6.45) is -0.125. The summed E-state index contributed by atoms with van der Waals surface area (Å²) in [5, 5.41) is 5.14. The van der Waals surface area contributed by atoms with E-state index in [1.807, 2.05) is 92.0 Å². The molecule has 0 unspecified atom stereocenters. The molecule has 0 spiro atoms. The van der Waals surface area contributed by atoms with Crippen molar-refractivity contribution in [3.8, 4) is 11.5 Å². The van der Waals surface area contributed by atoms with E-state index in [0.717, 1.165) is 33.9 Å². The Kier molecular flexibility index (Phi) is 6.00. The van der Waals surface area contributed by atoms with Crippen molar-refractivity contribution in [2.75, 3.05) is 18.5 Å². The minimum absolute atomic E-state index is 0.0490. The summed E-state index contributed by atoms with van der Waals surface area (Å²) in [5.74, 6) is 1.46. The number of nitrogens with two attached hydrogens (primary N) is 1. The second-order valence-corrected chi connectivity index (χ2v) is 7.66. The van der Waals surface area contributed by atoms with Crippen LogP contribution in [0.5, 0.6) is 11.5 Å². The average molecular weight is 404 g/mol. The zero-order chi connectivity index (χ0) is 20.9. The van der Waals surface area contributed by atoms with Crippen LogP contribution in [0.1, 0.15) is 22.7 Å². The first-order chi connectivity index (χ1) is 14.6. The maximum absolute atomic E-state index is 13.2. The molecule has 1 amide bonds. The van der Waals surface area contributed by atoms with Crippen molar-refractivity contribution < 1.29 is 19.6 Å². The molecule has 0 aromatic heterocycles. The maximum atomic E-state index is 13.2. The first-order valence-electron chi connectivity index (χ1n) is 10.2. The van der Waals surface area contributed by atoms with E-state index in [-0.39, 0.29) is 18.1 Å². The van der Waals surface area contributed by atoms with Gasteiger partial charge in [0.1, 0.15) is 13.2 Å². The van der Waals surface area contributed by atoms with E-state index in [4.69, 9.17) is 9.47 Å². The highest BCUT2D eigenvalue weighted by molar-refractivity contribution is 5.95. The molecule has 0 aliphatic carbocycles. The van der Waals surface area contributed by atoms with E-state index in [1.165, 1.54) is 0 Å². The zero-order valence-corrected chi connectivity index (χ0v) is 17.3. The van der Waals surface area contributed by atoms with Crippen LogP contribution < -0.4 is 20.1 Å². The number of hydrogen-bond acceptors (Lipinski definition) is 3. The van der Waals surface area contributed by atoms with Gasteiger partial charge in [0.05, 0.1) is 0 Å². The third-order valence-corrected chi connectivity index (χ3v) is 5.29. The monoisotopic (exact) mass is 403 g/mol. The first kappa shape index (κ1) is 20.0. The first-order valence-corrected chi connectivity index (χ1v) is 10.2. The molecule has 154 valence electrons. The molecule has 1 heterocycles. The van der Waals surface area contributed by atoms with Crippen LogP contribution in [0.3, 0.4) is 0 Å². The molecular formula is C25H27N2O3+. The summed E-state index contributed by atoms with van der Waals surface area (Å²) in [6, 6.07) is 23.2.